The molecule has 1 aliphatic carbocycles. The molecule has 1 saturated carbocycles. The van der Waals surface area contributed by atoms with Crippen molar-refractivity contribution in [2.45, 2.75) is 44.7 Å². The van der Waals surface area contributed by atoms with Crippen LogP contribution in [0, 0.1) is 17.6 Å². The lowest BCUT2D eigenvalue weighted by Crippen LogP contribution is -2.27. The molecule has 4 nitrogen and oxygen atoms in total. The number of nitrogens with two attached hydrogens (primary N) is 1. The van der Waals surface area contributed by atoms with Gasteiger partial charge >= 0.3 is 0 Å². The van der Waals surface area contributed by atoms with E-state index in [9.17, 15) is 8.78 Å². The number of hydrogen-bond acceptors (Lipinski definition) is 4. The van der Waals surface area contributed by atoms with E-state index in [0.717, 1.165) is 60.7 Å². The molecule has 0 aliphatic heterocycles. The van der Waals surface area contributed by atoms with E-state index in [1.165, 1.54) is 12.1 Å². The highest BCUT2D eigenvalue weighted by Gasteiger charge is 2.20. The molecular weight excluding hydrogens is 418 g/mol. The quantitative estimate of drug-likeness (QED) is 0.510. The Morgan fingerprint density at radius 2 is 1.71 bits per heavy atom. The van der Waals surface area contributed by atoms with Crippen molar-refractivity contribution in [1.29, 1.82) is 0 Å². The average molecular weight is 443 g/mol. The molecule has 4 rings (SSSR count). The first kappa shape index (κ1) is 21.7. The highest BCUT2D eigenvalue weighted by Crippen LogP contribution is 2.31. The smallest absolute Gasteiger partial charge is 0.126 e. The standard InChI is InChI=1S/C24H25ClF2N4/c25-24-14-31-21(7-15-1-3-20(28)4-2-15)10-23(24)17-8-22(13-29-12-17)30-11-16-5-18(26)9-19(27)6-16/h5-6,8-10,12-15,20,30H,1-4,7,11,28H2. The van der Waals surface area contributed by atoms with Gasteiger partial charge in [0.2, 0.25) is 0 Å². The summed E-state index contributed by atoms with van der Waals surface area (Å²) in [6.45, 7) is 0.277. The van der Waals surface area contributed by atoms with Crippen LogP contribution in [0.3, 0.4) is 0 Å². The summed E-state index contributed by atoms with van der Waals surface area (Å²) in [5.74, 6) is -0.599. The molecule has 162 valence electrons. The third-order valence-electron chi connectivity index (χ3n) is 5.77. The van der Waals surface area contributed by atoms with Crippen molar-refractivity contribution in [1.82, 2.24) is 9.97 Å². The van der Waals surface area contributed by atoms with E-state index < -0.39 is 11.6 Å². The topological polar surface area (TPSA) is 63.8 Å². The molecule has 3 aromatic rings. The van der Waals surface area contributed by atoms with Gasteiger partial charge in [0.25, 0.3) is 0 Å². The van der Waals surface area contributed by atoms with E-state index in [4.69, 9.17) is 17.3 Å². The molecule has 31 heavy (non-hydrogen) atoms. The molecule has 3 N–H and O–H groups in total. The maximum Gasteiger partial charge on any atom is 0.126 e. The molecule has 1 aliphatic rings. The number of aromatic nitrogens is 2. The molecule has 0 saturated heterocycles. The third kappa shape index (κ3) is 5.77. The summed E-state index contributed by atoms with van der Waals surface area (Å²) in [5.41, 5.74) is 10.00. The van der Waals surface area contributed by atoms with Crippen LogP contribution in [0.15, 0.2) is 48.9 Å². The first-order chi connectivity index (χ1) is 15.0. The van der Waals surface area contributed by atoms with Gasteiger partial charge in [0.15, 0.2) is 0 Å². The van der Waals surface area contributed by atoms with Gasteiger partial charge in [-0.3, -0.25) is 9.97 Å². The summed E-state index contributed by atoms with van der Waals surface area (Å²) >= 11 is 6.44. The molecule has 0 spiro atoms. The van der Waals surface area contributed by atoms with E-state index in [-0.39, 0.29) is 6.54 Å². The van der Waals surface area contributed by atoms with Gasteiger partial charge in [-0.1, -0.05) is 11.6 Å². The number of pyridine rings is 2. The number of hydrogen-bond donors (Lipinski definition) is 2. The van der Waals surface area contributed by atoms with Crippen LogP contribution in [0.25, 0.3) is 11.1 Å². The van der Waals surface area contributed by atoms with E-state index in [1.807, 2.05) is 12.1 Å². The van der Waals surface area contributed by atoms with Gasteiger partial charge in [0, 0.05) is 54.1 Å². The number of halogens is 3. The number of anilines is 1. The predicted molar refractivity (Wildman–Crippen MR) is 120 cm³/mol. The lowest BCUT2D eigenvalue weighted by molar-refractivity contribution is 0.323. The van der Waals surface area contributed by atoms with Crippen LogP contribution in [0.2, 0.25) is 5.02 Å². The van der Waals surface area contributed by atoms with Gasteiger partial charge in [-0.05, 0) is 67.9 Å². The summed E-state index contributed by atoms with van der Waals surface area (Å²) in [7, 11) is 0. The van der Waals surface area contributed by atoms with E-state index in [0.29, 0.717) is 22.5 Å². The second-order valence-corrected chi connectivity index (χ2v) is 8.64. The highest BCUT2D eigenvalue weighted by atomic mass is 35.5. The van der Waals surface area contributed by atoms with Gasteiger partial charge in [0.05, 0.1) is 10.7 Å². The normalized spacial score (nSPS) is 18.7. The maximum absolute atomic E-state index is 13.4. The summed E-state index contributed by atoms with van der Waals surface area (Å²) in [4.78, 5) is 8.82. The Hall–Kier alpha value is -2.57. The second-order valence-electron chi connectivity index (χ2n) is 8.23. The lowest BCUT2D eigenvalue weighted by atomic mass is 9.83. The molecule has 2 heterocycles. The fraction of sp³-hybridized carbons (Fsp3) is 0.333. The Morgan fingerprint density at radius 3 is 2.45 bits per heavy atom. The van der Waals surface area contributed by atoms with Crippen molar-refractivity contribution >= 4 is 17.3 Å². The zero-order chi connectivity index (χ0) is 21.8. The molecule has 0 unspecified atom stereocenters. The predicted octanol–water partition coefficient (Wildman–Crippen LogP) is 5.75. The van der Waals surface area contributed by atoms with Crippen molar-refractivity contribution in [2.24, 2.45) is 11.7 Å². The van der Waals surface area contributed by atoms with Crippen molar-refractivity contribution in [3.05, 3.63) is 76.8 Å². The van der Waals surface area contributed by atoms with Crippen LogP contribution in [0.1, 0.15) is 36.9 Å². The van der Waals surface area contributed by atoms with Crippen LogP contribution in [-0.4, -0.2) is 16.0 Å². The fourth-order valence-corrected chi connectivity index (χ4v) is 4.32. The van der Waals surface area contributed by atoms with Gasteiger partial charge in [-0.25, -0.2) is 8.78 Å². The molecule has 0 bridgehead atoms. The Morgan fingerprint density at radius 1 is 0.968 bits per heavy atom. The van der Waals surface area contributed by atoms with Gasteiger partial charge in [-0.15, -0.1) is 0 Å². The number of nitrogens with zero attached hydrogens (tertiary/aromatic N) is 2. The molecule has 2 aromatic heterocycles. The number of rotatable bonds is 6. The van der Waals surface area contributed by atoms with Crippen molar-refractivity contribution < 1.29 is 8.78 Å². The summed E-state index contributed by atoms with van der Waals surface area (Å²) in [5, 5.41) is 3.72. The van der Waals surface area contributed by atoms with Gasteiger partial charge in [0.1, 0.15) is 11.6 Å². The first-order valence-electron chi connectivity index (χ1n) is 10.5. The average Bonchev–Trinajstić information content (AvgIpc) is 2.75. The Kier molecular flexibility index (Phi) is 6.78. The van der Waals surface area contributed by atoms with Crippen LogP contribution in [0.5, 0.6) is 0 Å². The molecule has 0 atom stereocenters. The molecule has 1 fully saturated rings. The van der Waals surface area contributed by atoms with Gasteiger partial charge in [-0.2, -0.15) is 0 Å². The van der Waals surface area contributed by atoms with Crippen LogP contribution in [0.4, 0.5) is 14.5 Å². The summed E-state index contributed by atoms with van der Waals surface area (Å²) in [6, 6.07) is 7.74. The lowest BCUT2D eigenvalue weighted by Gasteiger charge is -2.25. The first-order valence-corrected chi connectivity index (χ1v) is 10.9. The van der Waals surface area contributed by atoms with Crippen molar-refractivity contribution in [3.63, 3.8) is 0 Å². The van der Waals surface area contributed by atoms with Crippen molar-refractivity contribution in [2.75, 3.05) is 5.32 Å². The highest BCUT2D eigenvalue weighted by molar-refractivity contribution is 6.33. The van der Waals surface area contributed by atoms with Gasteiger partial charge < -0.3 is 11.1 Å². The molecule has 1 aromatic carbocycles. The SMILES string of the molecule is NC1CCC(Cc2cc(-c3cncc(NCc4cc(F)cc(F)c4)c3)c(Cl)cn2)CC1. The summed E-state index contributed by atoms with van der Waals surface area (Å²) < 4.78 is 26.8. The Balaban J connectivity index is 1.48. The molecular formula is C24H25ClF2N4. The second kappa shape index (κ2) is 9.71. The van der Waals surface area contributed by atoms with E-state index in [1.54, 1.807) is 18.6 Å². The third-order valence-corrected chi connectivity index (χ3v) is 6.07. The number of nitrogens with one attached hydrogen (secondary N) is 1. The minimum absolute atomic E-state index is 0.277. The zero-order valence-electron chi connectivity index (χ0n) is 17.1. The van der Waals surface area contributed by atoms with Crippen LogP contribution >= 0.6 is 11.6 Å². The summed E-state index contributed by atoms with van der Waals surface area (Å²) in [6.07, 6.45) is 10.4. The van der Waals surface area contributed by atoms with E-state index in [2.05, 4.69) is 15.3 Å². The fourth-order valence-electron chi connectivity index (χ4n) is 4.10. The van der Waals surface area contributed by atoms with Crippen LogP contribution < -0.4 is 11.1 Å². The zero-order valence-corrected chi connectivity index (χ0v) is 17.9. The van der Waals surface area contributed by atoms with Crippen molar-refractivity contribution in [3.8, 4) is 11.1 Å². The molecule has 7 heteroatoms. The minimum Gasteiger partial charge on any atom is -0.380 e. The largest absolute Gasteiger partial charge is 0.380 e. The molecule has 0 amide bonds. The number of benzene rings is 1. The monoisotopic (exact) mass is 442 g/mol. The molecule has 0 radical (unpaired) electrons. The maximum atomic E-state index is 13.4. The van der Waals surface area contributed by atoms with E-state index >= 15 is 0 Å². The minimum atomic E-state index is -0.597. The Bertz CT molecular complexity index is 1030. The Labute approximate surface area is 185 Å². The van der Waals surface area contributed by atoms with Crippen LogP contribution in [-0.2, 0) is 13.0 Å².